The van der Waals surface area contributed by atoms with E-state index in [2.05, 4.69) is 0 Å². The highest BCUT2D eigenvalue weighted by Crippen LogP contribution is 2.31. The summed E-state index contributed by atoms with van der Waals surface area (Å²) < 4.78 is 19.4. The van der Waals surface area contributed by atoms with Crippen molar-refractivity contribution in [3.63, 3.8) is 0 Å². The van der Waals surface area contributed by atoms with Gasteiger partial charge >= 0.3 is 0 Å². The molecule has 1 unspecified atom stereocenters. The topological polar surface area (TPSA) is 26.3 Å². The van der Waals surface area contributed by atoms with Crippen LogP contribution in [0.4, 0.5) is 4.39 Å². The largest absolute Gasteiger partial charge is 0.367 e. The fourth-order valence-electron chi connectivity index (χ4n) is 2.43. The van der Waals surface area contributed by atoms with Gasteiger partial charge in [-0.1, -0.05) is 6.07 Å². The second-order valence-corrected chi connectivity index (χ2v) is 4.95. The quantitative estimate of drug-likeness (QED) is 0.737. The van der Waals surface area contributed by atoms with Crippen LogP contribution in [0.25, 0.3) is 0 Å². The molecule has 1 saturated heterocycles. The summed E-state index contributed by atoms with van der Waals surface area (Å²) in [5.74, 6) is -0.672. The minimum atomic E-state index is -0.846. The van der Waals surface area contributed by atoms with Crippen LogP contribution in [0.5, 0.6) is 0 Å². The molecule has 2 nitrogen and oxygen atoms in total. The van der Waals surface area contributed by atoms with E-state index in [1.54, 1.807) is 13.8 Å². The highest BCUT2D eigenvalue weighted by Gasteiger charge is 2.39. The van der Waals surface area contributed by atoms with Crippen LogP contribution in [0.2, 0.25) is 0 Å². The molecule has 2 rings (SSSR count). The predicted octanol–water partition coefficient (Wildman–Crippen LogP) is 3.19. The number of benzene rings is 1. The molecule has 0 bridgehead atoms. The molecule has 1 aliphatic rings. The summed E-state index contributed by atoms with van der Waals surface area (Å²) in [5.41, 5.74) is 0.846. The molecule has 3 heteroatoms. The van der Waals surface area contributed by atoms with Gasteiger partial charge in [-0.15, -0.1) is 0 Å². The van der Waals surface area contributed by atoms with Crippen LogP contribution >= 0.6 is 0 Å². The van der Waals surface area contributed by atoms with Gasteiger partial charge in [-0.25, -0.2) is 4.39 Å². The Morgan fingerprint density at radius 1 is 1.41 bits per heavy atom. The van der Waals surface area contributed by atoms with E-state index >= 15 is 0 Å². The number of carbonyl (C=O) groups is 1. The summed E-state index contributed by atoms with van der Waals surface area (Å²) in [4.78, 5) is 12.4. The Kier molecular flexibility index (Phi) is 3.04. The third-order valence-corrected chi connectivity index (χ3v) is 3.36. The van der Waals surface area contributed by atoms with Crippen LogP contribution in [-0.4, -0.2) is 18.0 Å². The maximum absolute atomic E-state index is 13.9. The van der Waals surface area contributed by atoms with Crippen LogP contribution in [0.1, 0.15) is 41.3 Å². The van der Waals surface area contributed by atoms with E-state index < -0.39 is 11.4 Å². The first kappa shape index (κ1) is 12.2. The van der Waals surface area contributed by atoms with Crippen molar-refractivity contribution in [1.29, 1.82) is 0 Å². The number of carbonyl (C=O) groups excluding carboxylic acids is 1. The second-order valence-electron chi connectivity index (χ2n) is 4.95. The summed E-state index contributed by atoms with van der Waals surface area (Å²) in [5, 5.41) is 0. The molecule has 1 aromatic carbocycles. The highest BCUT2D eigenvalue weighted by molar-refractivity contribution is 6.03. The van der Waals surface area contributed by atoms with Crippen LogP contribution in [-0.2, 0) is 4.74 Å². The van der Waals surface area contributed by atoms with E-state index in [4.69, 9.17) is 4.74 Å². The van der Waals surface area contributed by atoms with E-state index in [0.717, 1.165) is 12.0 Å². The van der Waals surface area contributed by atoms with Crippen molar-refractivity contribution in [2.45, 2.75) is 39.2 Å². The van der Waals surface area contributed by atoms with Gasteiger partial charge in [-0.05, 0) is 50.8 Å². The predicted molar refractivity (Wildman–Crippen MR) is 63.8 cm³/mol. The van der Waals surface area contributed by atoms with E-state index in [0.29, 0.717) is 18.6 Å². The summed E-state index contributed by atoms with van der Waals surface area (Å²) in [7, 11) is 0. The van der Waals surface area contributed by atoms with Crippen molar-refractivity contribution in [1.82, 2.24) is 0 Å². The molecule has 1 fully saturated rings. The number of aryl methyl sites for hydroxylation is 2. The molecule has 1 aromatic rings. The Balaban J connectivity index is 2.44. The monoisotopic (exact) mass is 236 g/mol. The van der Waals surface area contributed by atoms with Gasteiger partial charge in [-0.3, -0.25) is 4.79 Å². The van der Waals surface area contributed by atoms with Gasteiger partial charge < -0.3 is 4.74 Å². The average molecular weight is 236 g/mol. The fourth-order valence-corrected chi connectivity index (χ4v) is 2.43. The number of hydrogen-bond acceptors (Lipinski definition) is 2. The van der Waals surface area contributed by atoms with Crippen LogP contribution < -0.4 is 0 Å². The van der Waals surface area contributed by atoms with Crippen molar-refractivity contribution in [3.05, 3.63) is 34.6 Å². The van der Waals surface area contributed by atoms with E-state index in [1.165, 1.54) is 6.07 Å². The first-order valence-electron chi connectivity index (χ1n) is 5.89. The molecule has 1 aliphatic heterocycles. The van der Waals surface area contributed by atoms with Crippen LogP contribution in [0, 0.1) is 19.7 Å². The van der Waals surface area contributed by atoms with Gasteiger partial charge in [0.15, 0.2) is 5.78 Å². The summed E-state index contributed by atoms with van der Waals surface area (Å²) in [6.07, 6.45) is 1.52. The van der Waals surface area contributed by atoms with Gasteiger partial charge in [0.25, 0.3) is 0 Å². The van der Waals surface area contributed by atoms with Gasteiger partial charge in [0, 0.05) is 6.61 Å². The molecule has 0 aliphatic carbocycles. The van der Waals surface area contributed by atoms with Gasteiger partial charge in [0.1, 0.15) is 11.4 Å². The smallest absolute Gasteiger partial charge is 0.197 e. The third kappa shape index (κ3) is 2.12. The maximum atomic E-state index is 13.9. The Morgan fingerprint density at radius 3 is 2.65 bits per heavy atom. The maximum Gasteiger partial charge on any atom is 0.197 e. The van der Waals surface area contributed by atoms with E-state index in [-0.39, 0.29) is 11.3 Å². The summed E-state index contributed by atoms with van der Waals surface area (Å²) in [6.45, 7) is 5.91. The molecule has 0 spiro atoms. The van der Waals surface area contributed by atoms with Crippen LogP contribution in [0.15, 0.2) is 12.1 Å². The van der Waals surface area contributed by atoms with Crippen molar-refractivity contribution >= 4 is 5.78 Å². The SMILES string of the molecule is Cc1cc(C)c(C(=O)C2(C)CCCO2)c(F)c1. The minimum Gasteiger partial charge on any atom is -0.367 e. The van der Waals surface area contributed by atoms with Crippen molar-refractivity contribution in [3.8, 4) is 0 Å². The molecule has 0 aromatic heterocycles. The zero-order chi connectivity index (χ0) is 12.6. The molecular formula is C14H17FO2. The number of hydrogen-bond donors (Lipinski definition) is 0. The van der Waals surface area contributed by atoms with E-state index in [9.17, 15) is 9.18 Å². The van der Waals surface area contributed by atoms with E-state index in [1.807, 2.05) is 13.0 Å². The van der Waals surface area contributed by atoms with Crippen molar-refractivity contribution in [2.75, 3.05) is 6.61 Å². The zero-order valence-electron chi connectivity index (χ0n) is 10.5. The number of Topliss-reactive ketones (excluding diaryl/α,β-unsaturated/α-hetero) is 1. The first-order chi connectivity index (χ1) is 7.94. The Bertz CT molecular complexity index is 436. The molecule has 0 saturated carbocycles. The molecule has 0 N–H and O–H groups in total. The number of halogens is 1. The molecule has 1 heterocycles. The summed E-state index contributed by atoms with van der Waals surface area (Å²) >= 11 is 0. The Morgan fingerprint density at radius 2 is 2.12 bits per heavy atom. The lowest BCUT2D eigenvalue weighted by atomic mass is 9.89. The highest BCUT2D eigenvalue weighted by atomic mass is 19.1. The Labute approximate surface area is 101 Å². The molecule has 0 radical (unpaired) electrons. The molecule has 1 atom stereocenters. The van der Waals surface area contributed by atoms with Crippen molar-refractivity contribution in [2.24, 2.45) is 0 Å². The average Bonchev–Trinajstić information content (AvgIpc) is 2.64. The lowest BCUT2D eigenvalue weighted by molar-refractivity contribution is 0.0209. The van der Waals surface area contributed by atoms with Crippen molar-refractivity contribution < 1.29 is 13.9 Å². The standard InChI is InChI=1S/C14H17FO2/c1-9-7-10(2)12(11(15)8-9)13(16)14(3)5-4-6-17-14/h7-8H,4-6H2,1-3H3. The fraction of sp³-hybridized carbons (Fsp3) is 0.500. The number of ether oxygens (including phenoxy) is 1. The zero-order valence-corrected chi connectivity index (χ0v) is 10.5. The minimum absolute atomic E-state index is 0.181. The normalized spacial score (nSPS) is 24.0. The lowest BCUT2D eigenvalue weighted by Gasteiger charge is -2.22. The second kappa shape index (κ2) is 4.22. The molecule has 17 heavy (non-hydrogen) atoms. The molecule has 92 valence electrons. The molecular weight excluding hydrogens is 219 g/mol. The van der Waals surface area contributed by atoms with Gasteiger partial charge in [0.2, 0.25) is 0 Å². The first-order valence-corrected chi connectivity index (χ1v) is 5.89. The number of rotatable bonds is 2. The third-order valence-electron chi connectivity index (χ3n) is 3.36. The van der Waals surface area contributed by atoms with Crippen LogP contribution in [0.3, 0.4) is 0 Å². The van der Waals surface area contributed by atoms with Gasteiger partial charge in [0.05, 0.1) is 5.56 Å². The van der Waals surface area contributed by atoms with Gasteiger partial charge in [-0.2, -0.15) is 0 Å². The molecule has 0 amide bonds. The Hall–Kier alpha value is -1.22. The summed E-state index contributed by atoms with van der Waals surface area (Å²) in [6, 6.07) is 3.23. The lowest BCUT2D eigenvalue weighted by Crippen LogP contribution is -2.35. The number of ketones is 1.